The smallest absolute Gasteiger partial charge is 0.271 e. The predicted molar refractivity (Wildman–Crippen MR) is 135 cm³/mol. The van der Waals surface area contributed by atoms with Gasteiger partial charge in [-0.15, -0.1) is 0 Å². The van der Waals surface area contributed by atoms with Crippen molar-refractivity contribution in [2.75, 3.05) is 43.0 Å². The second kappa shape index (κ2) is 9.93. The van der Waals surface area contributed by atoms with Crippen molar-refractivity contribution in [2.45, 2.75) is 39.5 Å². The van der Waals surface area contributed by atoms with E-state index >= 15 is 0 Å². The molecule has 0 radical (unpaired) electrons. The van der Waals surface area contributed by atoms with Crippen molar-refractivity contribution in [1.29, 1.82) is 5.26 Å². The summed E-state index contributed by atoms with van der Waals surface area (Å²) in [5.41, 5.74) is 4.99. The van der Waals surface area contributed by atoms with Crippen LogP contribution < -0.4 is 10.6 Å². The van der Waals surface area contributed by atoms with Crippen LogP contribution >= 0.6 is 0 Å². The van der Waals surface area contributed by atoms with Gasteiger partial charge in [-0.3, -0.25) is 4.79 Å². The van der Waals surface area contributed by atoms with Crippen LogP contribution in [-0.4, -0.2) is 56.9 Å². The highest BCUT2D eigenvalue weighted by Crippen LogP contribution is 2.40. The average Bonchev–Trinajstić information content (AvgIpc) is 3.29. The molecule has 1 aromatic rings. The number of benzene rings is 1. The van der Waals surface area contributed by atoms with Gasteiger partial charge in [0, 0.05) is 37.4 Å². The Morgan fingerprint density at radius 1 is 1.29 bits per heavy atom. The number of anilines is 1. The van der Waals surface area contributed by atoms with E-state index in [9.17, 15) is 13.2 Å². The molecule has 3 aliphatic rings. The van der Waals surface area contributed by atoms with Crippen molar-refractivity contribution >= 4 is 27.0 Å². The average molecular weight is 483 g/mol. The maximum Gasteiger partial charge on any atom is 0.271 e. The molecule has 2 N–H and O–H groups in total. The summed E-state index contributed by atoms with van der Waals surface area (Å²) in [4.78, 5) is 15.1. The van der Waals surface area contributed by atoms with Gasteiger partial charge in [-0.1, -0.05) is 26.0 Å². The molecule has 0 spiro atoms. The van der Waals surface area contributed by atoms with E-state index in [4.69, 9.17) is 5.26 Å². The molecule has 1 aromatic carbocycles. The fraction of sp³-hybridized carbons (Fsp3) is 0.538. The van der Waals surface area contributed by atoms with Crippen LogP contribution in [0.4, 0.5) is 5.69 Å². The Hall–Kier alpha value is -2.63. The summed E-state index contributed by atoms with van der Waals surface area (Å²) in [6.45, 7) is 7.02. The third-order valence-corrected chi connectivity index (χ3v) is 8.70. The van der Waals surface area contributed by atoms with Crippen molar-refractivity contribution in [3.05, 3.63) is 47.2 Å². The Balaban J connectivity index is 1.52. The van der Waals surface area contributed by atoms with Gasteiger partial charge in [0.05, 0.1) is 29.2 Å². The molecule has 0 saturated carbocycles. The van der Waals surface area contributed by atoms with Gasteiger partial charge >= 0.3 is 0 Å². The van der Waals surface area contributed by atoms with Gasteiger partial charge in [-0.2, -0.15) is 5.26 Å². The van der Waals surface area contributed by atoms with Crippen LogP contribution in [0.25, 0.3) is 5.57 Å². The number of rotatable bonds is 6. The highest BCUT2D eigenvalue weighted by Gasteiger charge is 2.25. The van der Waals surface area contributed by atoms with Crippen molar-refractivity contribution in [3.8, 4) is 6.07 Å². The van der Waals surface area contributed by atoms with Gasteiger partial charge in [-0.05, 0) is 60.4 Å². The summed E-state index contributed by atoms with van der Waals surface area (Å²) >= 11 is 0. The second-order valence-corrected chi connectivity index (χ2v) is 12.7. The van der Waals surface area contributed by atoms with Gasteiger partial charge in [-0.25, -0.2) is 8.42 Å². The van der Waals surface area contributed by atoms with Crippen molar-refractivity contribution < 1.29 is 13.2 Å². The molecule has 1 unspecified atom stereocenters. The van der Waals surface area contributed by atoms with Crippen LogP contribution in [0.15, 0.2) is 36.0 Å². The minimum absolute atomic E-state index is 0.224. The maximum absolute atomic E-state index is 12.9. The number of hydrogen-bond acceptors (Lipinski definition) is 6. The normalized spacial score (nSPS) is 23.9. The Morgan fingerprint density at radius 2 is 2.06 bits per heavy atom. The molecule has 1 aliphatic carbocycles. The fourth-order valence-corrected chi connectivity index (χ4v) is 5.95. The number of nitrogens with one attached hydrogen (secondary N) is 2. The topological polar surface area (TPSA) is 102 Å². The van der Waals surface area contributed by atoms with Crippen molar-refractivity contribution in [1.82, 2.24) is 10.2 Å². The first-order chi connectivity index (χ1) is 16.1. The molecule has 7 nitrogen and oxygen atoms in total. The zero-order valence-corrected chi connectivity index (χ0v) is 20.9. The fourth-order valence-electron chi connectivity index (χ4n) is 4.67. The number of carbonyl (C=O) groups is 1. The van der Waals surface area contributed by atoms with E-state index in [-0.39, 0.29) is 28.7 Å². The first-order valence-electron chi connectivity index (χ1n) is 12.1. The number of allylic oxidation sites excluding steroid dienone is 2. The molecule has 0 aromatic heterocycles. The summed E-state index contributed by atoms with van der Waals surface area (Å²) in [6, 6.07) is 8.36. The van der Waals surface area contributed by atoms with E-state index in [1.807, 2.05) is 12.1 Å². The van der Waals surface area contributed by atoms with Crippen LogP contribution in [-0.2, 0) is 21.1 Å². The lowest BCUT2D eigenvalue weighted by molar-refractivity contribution is -0.113. The Morgan fingerprint density at radius 3 is 2.71 bits per heavy atom. The minimum Gasteiger partial charge on any atom is -0.379 e. The molecule has 1 fully saturated rings. The van der Waals surface area contributed by atoms with E-state index in [0.717, 1.165) is 43.5 Å². The summed E-state index contributed by atoms with van der Waals surface area (Å²) in [7, 11) is -2.88. The van der Waals surface area contributed by atoms with E-state index < -0.39 is 9.84 Å². The van der Waals surface area contributed by atoms with Gasteiger partial charge in [0.1, 0.15) is 0 Å². The quantitative estimate of drug-likeness (QED) is 0.646. The Labute approximate surface area is 202 Å². The highest BCUT2D eigenvalue weighted by atomic mass is 32.2. The lowest BCUT2D eigenvalue weighted by Crippen LogP contribution is -2.41. The second-order valence-electron chi connectivity index (χ2n) is 10.4. The zero-order chi connectivity index (χ0) is 24.3. The molecular formula is C26H34N4O3S. The van der Waals surface area contributed by atoms with Crippen LogP contribution in [0.3, 0.4) is 0 Å². The van der Waals surface area contributed by atoms with Crippen LogP contribution in [0.5, 0.6) is 0 Å². The van der Waals surface area contributed by atoms with E-state index in [2.05, 4.69) is 47.6 Å². The predicted octanol–water partition coefficient (Wildman–Crippen LogP) is 3.12. The molecule has 0 bridgehead atoms. The minimum atomic E-state index is -2.88. The van der Waals surface area contributed by atoms with Crippen molar-refractivity contribution in [2.24, 2.45) is 11.3 Å². The lowest BCUT2D eigenvalue weighted by Gasteiger charge is -2.30. The molecular weight excluding hydrogens is 448 g/mol. The molecule has 8 heteroatoms. The molecule has 2 heterocycles. The standard InChI is InChI=1S/C26H34N4O3S/c1-26(2)8-5-21(6-9-26)22-15-19(7-10-30-11-13-34(32,33)14-12-30)3-4-23(22)29-25(31)24-16-20(17-27)18-28-24/h3-5,15-16,20,28H,6-14,18H2,1-2H3,(H,29,31). The first kappa shape index (κ1) is 24.5. The summed E-state index contributed by atoms with van der Waals surface area (Å²) in [5.74, 6) is -0.0288. The van der Waals surface area contributed by atoms with Gasteiger partial charge in [0.25, 0.3) is 5.91 Å². The number of nitriles is 1. The monoisotopic (exact) mass is 482 g/mol. The van der Waals surface area contributed by atoms with Gasteiger partial charge in [0.15, 0.2) is 9.84 Å². The largest absolute Gasteiger partial charge is 0.379 e. The van der Waals surface area contributed by atoms with E-state index in [1.165, 1.54) is 11.1 Å². The summed E-state index contributed by atoms with van der Waals surface area (Å²) < 4.78 is 23.4. The Bertz CT molecular complexity index is 1150. The van der Waals surface area contributed by atoms with Crippen LogP contribution in [0, 0.1) is 22.7 Å². The third kappa shape index (κ3) is 6.08. The van der Waals surface area contributed by atoms with Crippen LogP contribution in [0.2, 0.25) is 0 Å². The van der Waals surface area contributed by atoms with E-state index in [0.29, 0.717) is 25.3 Å². The number of amides is 1. The number of carbonyl (C=O) groups excluding carboxylic acids is 1. The number of hydrogen-bond donors (Lipinski definition) is 2. The zero-order valence-electron chi connectivity index (χ0n) is 20.1. The molecule has 1 amide bonds. The lowest BCUT2D eigenvalue weighted by atomic mass is 9.76. The van der Waals surface area contributed by atoms with Crippen LogP contribution in [0.1, 0.15) is 44.2 Å². The molecule has 4 rings (SSSR count). The van der Waals surface area contributed by atoms with Crippen molar-refractivity contribution in [3.63, 3.8) is 0 Å². The first-order valence-corrected chi connectivity index (χ1v) is 13.9. The molecule has 1 atom stereocenters. The third-order valence-electron chi connectivity index (χ3n) is 7.09. The van der Waals surface area contributed by atoms with Gasteiger partial charge in [0.2, 0.25) is 0 Å². The summed E-state index contributed by atoms with van der Waals surface area (Å²) in [5, 5.41) is 15.2. The molecule has 34 heavy (non-hydrogen) atoms. The molecule has 182 valence electrons. The molecule has 2 aliphatic heterocycles. The number of nitrogens with zero attached hydrogens (tertiary/aromatic N) is 2. The highest BCUT2D eigenvalue weighted by molar-refractivity contribution is 7.91. The molecule has 1 saturated heterocycles. The number of sulfone groups is 1. The summed E-state index contributed by atoms with van der Waals surface area (Å²) in [6.07, 6.45) is 7.86. The van der Waals surface area contributed by atoms with E-state index in [1.54, 1.807) is 6.08 Å². The maximum atomic E-state index is 12.9. The Kier molecular flexibility index (Phi) is 7.15. The van der Waals surface area contributed by atoms with Gasteiger partial charge < -0.3 is 15.5 Å². The SMILES string of the molecule is CC1(C)CC=C(c2cc(CCN3CCS(=O)(=O)CC3)ccc2NC(=O)C2=CC(C#N)CN2)CC1.